The Balaban J connectivity index is 1.33. The molecule has 0 atom stereocenters. The quantitative estimate of drug-likeness (QED) is 0.743. The molecule has 162 valence electrons. The highest BCUT2D eigenvalue weighted by Gasteiger charge is 2.31. The fourth-order valence-corrected chi connectivity index (χ4v) is 4.97. The SMILES string of the molecule is Cn1c(Cc2ccccc2)nn(C[NH+]2CCC(C(=O)N3CCCCCC3)CC2)c1=S. The van der Waals surface area contributed by atoms with Crippen LogP contribution < -0.4 is 4.90 Å². The first kappa shape index (κ1) is 21.2. The molecule has 0 unspecified atom stereocenters. The van der Waals surface area contributed by atoms with Gasteiger partial charge in [-0.2, -0.15) is 9.78 Å². The van der Waals surface area contributed by atoms with Crippen molar-refractivity contribution in [2.24, 2.45) is 13.0 Å². The lowest BCUT2D eigenvalue weighted by atomic mass is 9.95. The van der Waals surface area contributed by atoms with Gasteiger partial charge in [0.25, 0.3) is 0 Å². The van der Waals surface area contributed by atoms with Crippen molar-refractivity contribution in [3.05, 3.63) is 46.5 Å². The van der Waals surface area contributed by atoms with Crippen LogP contribution in [0.3, 0.4) is 0 Å². The summed E-state index contributed by atoms with van der Waals surface area (Å²) >= 11 is 5.65. The molecule has 1 aromatic heterocycles. The first-order valence-corrected chi connectivity index (χ1v) is 11.8. The van der Waals surface area contributed by atoms with Crippen LogP contribution in [0.25, 0.3) is 0 Å². The van der Waals surface area contributed by atoms with Gasteiger partial charge in [-0.1, -0.05) is 43.2 Å². The maximum Gasteiger partial charge on any atom is 0.226 e. The Morgan fingerprint density at radius 3 is 2.43 bits per heavy atom. The molecule has 6 nitrogen and oxygen atoms in total. The highest BCUT2D eigenvalue weighted by atomic mass is 32.1. The second-order valence-electron chi connectivity index (χ2n) is 8.84. The van der Waals surface area contributed by atoms with Gasteiger partial charge in [0.05, 0.1) is 13.1 Å². The van der Waals surface area contributed by atoms with E-state index in [1.165, 1.54) is 36.1 Å². The van der Waals surface area contributed by atoms with Crippen LogP contribution in [-0.2, 0) is 24.9 Å². The summed E-state index contributed by atoms with van der Waals surface area (Å²) in [4.78, 5) is 16.5. The lowest BCUT2D eigenvalue weighted by Gasteiger charge is -2.31. The van der Waals surface area contributed by atoms with E-state index in [-0.39, 0.29) is 5.92 Å². The van der Waals surface area contributed by atoms with Crippen molar-refractivity contribution in [1.29, 1.82) is 0 Å². The van der Waals surface area contributed by atoms with Crippen LogP contribution in [0.4, 0.5) is 0 Å². The topological polar surface area (TPSA) is 47.5 Å². The lowest BCUT2D eigenvalue weighted by Crippen LogP contribution is -3.12. The predicted molar refractivity (Wildman–Crippen MR) is 120 cm³/mol. The van der Waals surface area contributed by atoms with Crippen LogP contribution in [0.5, 0.6) is 0 Å². The molecule has 1 aromatic carbocycles. The first-order valence-electron chi connectivity index (χ1n) is 11.4. The number of nitrogens with one attached hydrogen (secondary N) is 1. The maximum absolute atomic E-state index is 12.9. The summed E-state index contributed by atoms with van der Waals surface area (Å²) < 4.78 is 4.77. The van der Waals surface area contributed by atoms with E-state index >= 15 is 0 Å². The van der Waals surface area contributed by atoms with Gasteiger partial charge in [0.1, 0.15) is 5.82 Å². The number of likely N-dealkylation sites (tertiary alicyclic amines) is 2. The van der Waals surface area contributed by atoms with Crippen LogP contribution in [0.2, 0.25) is 0 Å². The van der Waals surface area contributed by atoms with Crippen LogP contribution in [-0.4, -0.2) is 51.3 Å². The second kappa shape index (κ2) is 9.88. The minimum Gasteiger partial charge on any atom is -0.342 e. The molecule has 2 aliphatic rings. The van der Waals surface area contributed by atoms with Crippen LogP contribution in [0.15, 0.2) is 30.3 Å². The van der Waals surface area contributed by atoms with Gasteiger partial charge in [-0.05, 0) is 30.6 Å². The van der Waals surface area contributed by atoms with Crippen molar-refractivity contribution in [1.82, 2.24) is 19.2 Å². The Morgan fingerprint density at radius 1 is 1.10 bits per heavy atom. The van der Waals surface area contributed by atoms with Gasteiger partial charge in [-0.3, -0.25) is 4.79 Å². The van der Waals surface area contributed by atoms with Gasteiger partial charge in [0, 0.05) is 45.3 Å². The van der Waals surface area contributed by atoms with Gasteiger partial charge in [-0.15, -0.1) is 0 Å². The summed E-state index contributed by atoms with van der Waals surface area (Å²) in [7, 11) is 2.01. The minimum atomic E-state index is 0.206. The third-order valence-electron chi connectivity index (χ3n) is 6.67. The van der Waals surface area contributed by atoms with Gasteiger partial charge in [-0.25, -0.2) is 0 Å². The molecule has 2 fully saturated rings. The fraction of sp³-hybridized carbons (Fsp3) is 0.609. The van der Waals surface area contributed by atoms with E-state index in [1.54, 1.807) is 0 Å². The molecule has 0 bridgehead atoms. The Hall–Kier alpha value is -1.99. The second-order valence-corrected chi connectivity index (χ2v) is 9.21. The molecular formula is C23H34N5OS+. The standard InChI is InChI=1S/C23H33N5OS/c1-25-21(17-19-9-5-4-6-10-19)24-28(23(25)30)18-26-15-11-20(12-16-26)22(29)27-13-7-2-3-8-14-27/h4-6,9-10,20H,2-3,7-8,11-18H2,1H3/p+1. The zero-order chi connectivity index (χ0) is 20.9. The highest BCUT2D eigenvalue weighted by molar-refractivity contribution is 7.71. The summed E-state index contributed by atoms with van der Waals surface area (Å²) in [6.45, 7) is 4.72. The third kappa shape index (κ3) is 5.01. The normalized spacial score (nSPS) is 22.6. The number of hydrogen-bond acceptors (Lipinski definition) is 3. The van der Waals surface area contributed by atoms with Gasteiger partial charge in [0.15, 0.2) is 6.67 Å². The molecule has 0 spiro atoms. The molecule has 30 heavy (non-hydrogen) atoms. The Labute approximate surface area is 184 Å². The number of amides is 1. The molecular weight excluding hydrogens is 394 g/mol. The Kier molecular flexibility index (Phi) is 7.00. The summed E-state index contributed by atoms with van der Waals surface area (Å²) in [6.07, 6.45) is 7.60. The number of aromatic nitrogens is 3. The van der Waals surface area contributed by atoms with Gasteiger partial charge >= 0.3 is 0 Å². The smallest absolute Gasteiger partial charge is 0.226 e. The summed E-state index contributed by atoms with van der Waals surface area (Å²) in [5.74, 6) is 1.60. The minimum absolute atomic E-state index is 0.206. The van der Waals surface area contributed by atoms with Crippen LogP contribution in [0, 0.1) is 10.7 Å². The van der Waals surface area contributed by atoms with Gasteiger partial charge in [0.2, 0.25) is 10.7 Å². The van der Waals surface area contributed by atoms with Crippen LogP contribution >= 0.6 is 12.2 Å². The molecule has 2 aromatic rings. The lowest BCUT2D eigenvalue weighted by molar-refractivity contribution is -0.929. The van der Waals surface area contributed by atoms with E-state index in [0.717, 1.165) is 62.7 Å². The number of rotatable bonds is 5. The molecule has 3 heterocycles. The summed E-state index contributed by atoms with van der Waals surface area (Å²) in [5.41, 5.74) is 1.24. The molecule has 0 radical (unpaired) electrons. The average Bonchev–Trinajstić information content (AvgIpc) is 2.97. The summed E-state index contributed by atoms with van der Waals surface area (Å²) in [6, 6.07) is 10.4. The molecule has 1 amide bonds. The Morgan fingerprint density at radius 2 is 1.77 bits per heavy atom. The van der Waals surface area contributed by atoms with E-state index in [1.807, 2.05) is 22.4 Å². The number of carbonyl (C=O) groups excluding carboxylic acids is 1. The van der Waals surface area contributed by atoms with Crippen molar-refractivity contribution >= 4 is 18.1 Å². The number of quaternary nitrogens is 1. The number of nitrogens with zero attached hydrogens (tertiary/aromatic N) is 4. The predicted octanol–water partition coefficient (Wildman–Crippen LogP) is 2.20. The van der Waals surface area contributed by atoms with E-state index < -0.39 is 0 Å². The maximum atomic E-state index is 12.9. The van der Waals surface area contributed by atoms with Crippen molar-refractivity contribution < 1.29 is 9.69 Å². The van der Waals surface area contributed by atoms with Crippen molar-refractivity contribution in [2.45, 2.75) is 51.6 Å². The molecule has 7 heteroatoms. The molecule has 1 N–H and O–H groups in total. The molecule has 4 rings (SSSR count). The average molecular weight is 429 g/mol. The monoisotopic (exact) mass is 428 g/mol. The van der Waals surface area contributed by atoms with Crippen LogP contribution in [0.1, 0.15) is 49.9 Å². The van der Waals surface area contributed by atoms with Gasteiger partial charge < -0.3 is 14.4 Å². The largest absolute Gasteiger partial charge is 0.342 e. The van der Waals surface area contributed by atoms with E-state index in [9.17, 15) is 4.79 Å². The van der Waals surface area contributed by atoms with E-state index in [2.05, 4.69) is 29.2 Å². The first-order chi connectivity index (χ1) is 14.6. The zero-order valence-electron chi connectivity index (χ0n) is 18.1. The van der Waals surface area contributed by atoms with Crippen molar-refractivity contribution in [3.63, 3.8) is 0 Å². The third-order valence-corrected chi connectivity index (χ3v) is 7.15. The van der Waals surface area contributed by atoms with E-state index in [4.69, 9.17) is 17.3 Å². The molecule has 2 saturated heterocycles. The zero-order valence-corrected chi connectivity index (χ0v) is 18.9. The fourth-order valence-electron chi connectivity index (χ4n) is 4.76. The highest BCUT2D eigenvalue weighted by Crippen LogP contribution is 2.18. The molecule has 0 saturated carbocycles. The number of benzene rings is 1. The number of carbonyl (C=O) groups is 1. The number of hydrogen-bond donors (Lipinski definition) is 1. The van der Waals surface area contributed by atoms with Crippen molar-refractivity contribution in [3.8, 4) is 0 Å². The Bertz CT molecular complexity index is 890. The number of piperidine rings is 1. The van der Waals surface area contributed by atoms with Crippen molar-refractivity contribution in [2.75, 3.05) is 26.2 Å². The summed E-state index contributed by atoms with van der Waals surface area (Å²) in [5, 5.41) is 4.82. The van der Waals surface area contributed by atoms with E-state index in [0.29, 0.717) is 5.91 Å². The molecule has 0 aliphatic carbocycles. The molecule has 2 aliphatic heterocycles.